The van der Waals surface area contributed by atoms with Crippen LogP contribution in [0.3, 0.4) is 0 Å². The standard InChI is InChI=1S/C28H29Cl2N3O5/c1-5-36-24-14-19(15-25(37-6-2)26(24)38-7-3)27(34)33-32-17(4)18-8-11-21(12-9-18)31-28(35)22-13-10-20(29)16-23(22)30/h8-16H,5-7H2,1-4H3,(H,31,35)(H,33,34). The maximum atomic E-state index is 12.9. The molecule has 38 heavy (non-hydrogen) atoms. The zero-order chi connectivity index (χ0) is 27.7. The number of halogens is 2. The number of hydrazone groups is 1. The van der Waals surface area contributed by atoms with Crippen LogP contribution in [0.4, 0.5) is 5.69 Å². The van der Waals surface area contributed by atoms with Crippen LogP contribution in [0.25, 0.3) is 0 Å². The second-order valence-electron chi connectivity index (χ2n) is 7.89. The second-order valence-corrected chi connectivity index (χ2v) is 8.74. The molecule has 0 unspecified atom stereocenters. The maximum Gasteiger partial charge on any atom is 0.271 e. The first kappa shape index (κ1) is 28.8. The number of ether oxygens (including phenoxy) is 3. The highest BCUT2D eigenvalue weighted by Crippen LogP contribution is 2.39. The van der Waals surface area contributed by atoms with Crippen molar-refractivity contribution in [1.82, 2.24) is 5.43 Å². The van der Waals surface area contributed by atoms with Gasteiger partial charge in [0.25, 0.3) is 11.8 Å². The third kappa shape index (κ3) is 7.40. The van der Waals surface area contributed by atoms with E-state index in [0.29, 0.717) is 64.6 Å². The Balaban J connectivity index is 1.72. The molecule has 0 atom stereocenters. The molecule has 0 aliphatic heterocycles. The lowest BCUT2D eigenvalue weighted by Gasteiger charge is -2.16. The molecule has 0 bridgehead atoms. The van der Waals surface area contributed by atoms with E-state index >= 15 is 0 Å². The van der Waals surface area contributed by atoms with Crippen LogP contribution in [0.5, 0.6) is 17.2 Å². The zero-order valence-electron chi connectivity index (χ0n) is 21.6. The molecule has 0 heterocycles. The topological polar surface area (TPSA) is 98.2 Å². The van der Waals surface area contributed by atoms with Gasteiger partial charge < -0.3 is 19.5 Å². The fourth-order valence-corrected chi connectivity index (χ4v) is 3.94. The number of amides is 2. The average molecular weight is 558 g/mol. The number of carbonyl (C=O) groups is 2. The van der Waals surface area contributed by atoms with E-state index in [1.165, 1.54) is 6.07 Å². The number of hydrogen-bond acceptors (Lipinski definition) is 6. The van der Waals surface area contributed by atoms with E-state index in [1.54, 1.807) is 55.5 Å². The Labute approximate surface area is 231 Å². The Bertz CT molecular complexity index is 1300. The first-order valence-electron chi connectivity index (χ1n) is 12.0. The zero-order valence-corrected chi connectivity index (χ0v) is 23.1. The number of benzene rings is 3. The molecule has 3 aromatic carbocycles. The summed E-state index contributed by atoms with van der Waals surface area (Å²) in [6.45, 7) is 8.54. The van der Waals surface area contributed by atoms with Gasteiger partial charge in [0.2, 0.25) is 5.75 Å². The molecule has 0 saturated heterocycles. The molecule has 2 amide bonds. The summed E-state index contributed by atoms with van der Waals surface area (Å²) in [5, 5.41) is 7.73. The van der Waals surface area contributed by atoms with Gasteiger partial charge in [0.05, 0.1) is 36.1 Å². The van der Waals surface area contributed by atoms with Gasteiger partial charge in [0.1, 0.15) is 0 Å². The molecule has 0 aliphatic rings. The lowest BCUT2D eigenvalue weighted by Crippen LogP contribution is -2.20. The molecule has 0 spiro atoms. The van der Waals surface area contributed by atoms with Gasteiger partial charge in [-0.1, -0.05) is 35.3 Å². The predicted molar refractivity (Wildman–Crippen MR) is 150 cm³/mol. The van der Waals surface area contributed by atoms with Gasteiger partial charge in [-0.15, -0.1) is 0 Å². The second kappa shape index (κ2) is 13.7. The fourth-order valence-electron chi connectivity index (χ4n) is 3.45. The summed E-state index contributed by atoms with van der Waals surface area (Å²) < 4.78 is 17.0. The summed E-state index contributed by atoms with van der Waals surface area (Å²) in [4.78, 5) is 25.4. The van der Waals surface area contributed by atoms with E-state index in [9.17, 15) is 9.59 Å². The number of nitrogens with zero attached hydrogens (tertiary/aromatic N) is 1. The Morgan fingerprint density at radius 2 is 1.39 bits per heavy atom. The van der Waals surface area contributed by atoms with Crippen molar-refractivity contribution in [3.63, 3.8) is 0 Å². The van der Waals surface area contributed by atoms with Crippen LogP contribution in [-0.4, -0.2) is 37.3 Å². The van der Waals surface area contributed by atoms with Crippen LogP contribution in [0.1, 0.15) is 54.0 Å². The minimum absolute atomic E-state index is 0.264. The molecular weight excluding hydrogens is 529 g/mol. The molecule has 3 aromatic rings. The highest BCUT2D eigenvalue weighted by atomic mass is 35.5. The lowest BCUT2D eigenvalue weighted by atomic mass is 10.1. The number of nitrogens with one attached hydrogen (secondary N) is 2. The van der Waals surface area contributed by atoms with E-state index in [1.807, 2.05) is 20.8 Å². The quantitative estimate of drug-likeness (QED) is 0.204. The largest absolute Gasteiger partial charge is 0.490 e. The van der Waals surface area contributed by atoms with Gasteiger partial charge in [-0.2, -0.15) is 5.10 Å². The van der Waals surface area contributed by atoms with E-state index in [0.717, 1.165) is 5.56 Å². The van der Waals surface area contributed by atoms with Crippen LogP contribution in [0.15, 0.2) is 59.7 Å². The van der Waals surface area contributed by atoms with Crippen LogP contribution >= 0.6 is 23.2 Å². The first-order chi connectivity index (χ1) is 18.3. The molecular formula is C28H29Cl2N3O5. The van der Waals surface area contributed by atoms with Crippen molar-refractivity contribution in [2.24, 2.45) is 5.10 Å². The lowest BCUT2D eigenvalue weighted by molar-refractivity contribution is 0.0952. The summed E-state index contributed by atoms with van der Waals surface area (Å²) in [6.07, 6.45) is 0. The molecule has 0 aliphatic carbocycles. The van der Waals surface area contributed by atoms with E-state index in [2.05, 4.69) is 15.8 Å². The number of anilines is 1. The number of carbonyl (C=O) groups excluding carboxylic acids is 2. The van der Waals surface area contributed by atoms with Crippen molar-refractivity contribution >= 4 is 46.4 Å². The summed E-state index contributed by atoms with van der Waals surface area (Å²) in [7, 11) is 0. The van der Waals surface area contributed by atoms with Gasteiger partial charge in [0, 0.05) is 16.3 Å². The third-order valence-corrected chi connectivity index (χ3v) is 5.78. The predicted octanol–water partition coefficient (Wildman–Crippen LogP) is 6.60. The number of hydrogen-bond donors (Lipinski definition) is 2. The van der Waals surface area contributed by atoms with Crippen LogP contribution in [0.2, 0.25) is 10.0 Å². The van der Waals surface area contributed by atoms with Crippen molar-refractivity contribution in [3.05, 3.63) is 81.3 Å². The monoisotopic (exact) mass is 557 g/mol. The maximum absolute atomic E-state index is 12.9. The minimum Gasteiger partial charge on any atom is -0.490 e. The van der Waals surface area contributed by atoms with Gasteiger partial charge in [-0.05, 0) is 75.7 Å². The summed E-state index contributed by atoms with van der Waals surface area (Å²) in [5.74, 6) is 0.508. The van der Waals surface area contributed by atoms with Crippen LogP contribution in [0, 0.1) is 0 Å². The van der Waals surface area contributed by atoms with Crippen molar-refractivity contribution in [1.29, 1.82) is 0 Å². The van der Waals surface area contributed by atoms with E-state index in [-0.39, 0.29) is 10.9 Å². The van der Waals surface area contributed by atoms with Gasteiger partial charge in [-0.3, -0.25) is 9.59 Å². The minimum atomic E-state index is -0.432. The molecule has 8 nitrogen and oxygen atoms in total. The average Bonchev–Trinajstić information content (AvgIpc) is 2.89. The van der Waals surface area contributed by atoms with Gasteiger partial charge >= 0.3 is 0 Å². The smallest absolute Gasteiger partial charge is 0.271 e. The third-order valence-electron chi connectivity index (χ3n) is 5.23. The van der Waals surface area contributed by atoms with Crippen LogP contribution in [-0.2, 0) is 0 Å². The Hall–Kier alpha value is -3.75. The highest BCUT2D eigenvalue weighted by Gasteiger charge is 2.18. The van der Waals surface area contributed by atoms with E-state index < -0.39 is 5.91 Å². The molecule has 3 rings (SSSR count). The number of rotatable bonds is 11. The Kier molecular flexibility index (Phi) is 10.4. The van der Waals surface area contributed by atoms with Crippen molar-refractivity contribution in [3.8, 4) is 17.2 Å². The van der Waals surface area contributed by atoms with E-state index in [4.69, 9.17) is 37.4 Å². The Morgan fingerprint density at radius 3 is 1.95 bits per heavy atom. The molecule has 2 N–H and O–H groups in total. The Morgan fingerprint density at radius 1 is 0.789 bits per heavy atom. The molecule has 0 aromatic heterocycles. The van der Waals surface area contributed by atoms with Crippen molar-refractivity contribution in [2.75, 3.05) is 25.1 Å². The summed E-state index contributed by atoms with van der Waals surface area (Å²) >= 11 is 12.0. The first-order valence-corrected chi connectivity index (χ1v) is 12.8. The van der Waals surface area contributed by atoms with Crippen molar-refractivity contribution in [2.45, 2.75) is 27.7 Å². The highest BCUT2D eigenvalue weighted by molar-refractivity contribution is 6.37. The SMILES string of the molecule is CCOc1cc(C(=O)NN=C(C)c2ccc(NC(=O)c3ccc(Cl)cc3Cl)cc2)cc(OCC)c1OCC. The summed E-state index contributed by atoms with van der Waals surface area (Å²) in [6, 6.07) is 14.9. The van der Waals surface area contributed by atoms with Crippen molar-refractivity contribution < 1.29 is 23.8 Å². The summed E-state index contributed by atoms with van der Waals surface area (Å²) in [5.41, 5.74) is 5.09. The fraction of sp³-hybridized carbons (Fsp3) is 0.250. The molecule has 0 radical (unpaired) electrons. The molecule has 0 fully saturated rings. The molecule has 200 valence electrons. The van der Waals surface area contributed by atoms with Gasteiger partial charge in [-0.25, -0.2) is 5.43 Å². The van der Waals surface area contributed by atoms with Crippen LogP contribution < -0.4 is 25.0 Å². The molecule has 0 saturated carbocycles. The molecule has 10 heteroatoms. The normalized spacial score (nSPS) is 11.1. The van der Waals surface area contributed by atoms with Gasteiger partial charge in [0.15, 0.2) is 11.5 Å².